The molecule has 21 heavy (non-hydrogen) atoms. The largest absolute Gasteiger partial charge is 0.481 e. The highest BCUT2D eigenvalue weighted by atomic mass is 16.6. The molecule has 0 radical (unpaired) electrons. The van der Waals surface area contributed by atoms with Gasteiger partial charge in [-0.05, 0) is 18.8 Å². The Bertz CT molecular complexity index is 569. The van der Waals surface area contributed by atoms with Gasteiger partial charge in [-0.25, -0.2) is 0 Å². The number of benzene rings is 1. The van der Waals surface area contributed by atoms with Crippen LogP contribution in [0.15, 0.2) is 24.3 Å². The number of rotatable bonds is 5. The van der Waals surface area contributed by atoms with Gasteiger partial charge in [-0.3, -0.25) is 19.7 Å². The van der Waals surface area contributed by atoms with Crippen molar-refractivity contribution in [2.75, 3.05) is 0 Å². The van der Waals surface area contributed by atoms with Crippen LogP contribution in [-0.2, 0) is 4.79 Å². The first kappa shape index (κ1) is 15.2. The Morgan fingerprint density at radius 2 is 2.00 bits per heavy atom. The predicted octanol–water partition coefficient (Wildman–Crippen LogP) is 3.06. The highest BCUT2D eigenvalue weighted by Gasteiger charge is 2.32. The van der Waals surface area contributed by atoms with E-state index < -0.39 is 16.8 Å². The molecule has 0 amide bonds. The Hall–Kier alpha value is -2.24. The second-order valence-corrected chi connectivity index (χ2v) is 5.42. The number of carbonyl (C=O) groups excluding carboxylic acids is 1. The maximum Gasteiger partial charge on any atom is 0.306 e. The summed E-state index contributed by atoms with van der Waals surface area (Å²) in [6.07, 6.45) is 3.26. The van der Waals surface area contributed by atoms with Gasteiger partial charge in [0.15, 0.2) is 5.78 Å². The molecule has 1 aliphatic carbocycles. The number of nitro benzene ring substituents is 1. The Morgan fingerprint density at radius 3 is 2.67 bits per heavy atom. The van der Waals surface area contributed by atoms with Gasteiger partial charge >= 0.3 is 5.97 Å². The first-order valence-electron chi connectivity index (χ1n) is 6.99. The fourth-order valence-corrected chi connectivity index (χ4v) is 2.93. The van der Waals surface area contributed by atoms with Crippen LogP contribution in [0.4, 0.5) is 5.69 Å². The van der Waals surface area contributed by atoms with Crippen molar-refractivity contribution in [1.82, 2.24) is 0 Å². The minimum atomic E-state index is -0.855. The lowest BCUT2D eigenvalue weighted by Crippen LogP contribution is -2.28. The molecule has 2 atom stereocenters. The quantitative estimate of drug-likeness (QED) is 0.510. The molecule has 1 aromatic carbocycles. The SMILES string of the molecule is O=C(C[C@H]1CCCC[C@@H]1C(=O)O)c1cccc([N+](=O)[O-])c1. The number of carbonyl (C=O) groups is 2. The van der Waals surface area contributed by atoms with Gasteiger partial charge in [-0.1, -0.05) is 25.0 Å². The average molecular weight is 291 g/mol. The van der Waals surface area contributed by atoms with Gasteiger partial charge in [0, 0.05) is 24.1 Å². The molecule has 0 aliphatic heterocycles. The Morgan fingerprint density at radius 1 is 1.29 bits per heavy atom. The average Bonchev–Trinajstić information content (AvgIpc) is 2.47. The fraction of sp³-hybridized carbons (Fsp3) is 0.467. The van der Waals surface area contributed by atoms with E-state index in [1.54, 1.807) is 0 Å². The molecule has 1 aliphatic rings. The van der Waals surface area contributed by atoms with Crippen LogP contribution in [0.1, 0.15) is 42.5 Å². The second kappa shape index (κ2) is 6.47. The number of hydrogen-bond acceptors (Lipinski definition) is 4. The van der Waals surface area contributed by atoms with Crippen LogP contribution in [0.25, 0.3) is 0 Å². The predicted molar refractivity (Wildman–Crippen MR) is 75.1 cm³/mol. The van der Waals surface area contributed by atoms with Crippen molar-refractivity contribution in [3.05, 3.63) is 39.9 Å². The highest BCUT2D eigenvalue weighted by molar-refractivity contribution is 5.97. The van der Waals surface area contributed by atoms with E-state index in [2.05, 4.69) is 0 Å². The number of aliphatic carboxylic acids is 1. The normalized spacial score (nSPS) is 21.7. The number of ketones is 1. The fourth-order valence-electron chi connectivity index (χ4n) is 2.93. The van der Waals surface area contributed by atoms with Gasteiger partial charge in [0.25, 0.3) is 5.69 Å². The van der Waals surface area contributed by atoms with Gasteiger partial charge in [-0.15, -0.1) is 0 Å². The van der Waals surface area contributed by atoms with Crippen molar-refractivity contribution in [2.45, 2.75) is 32.1 Å². The molecular formula is C15H17NO5. The molecule has 112 valence electrons. The highest BCUT2D eigenvalue weighted by Crippen LogP contribution is 2.33. The van der Waals surface area contributed by atoms with Crippen molar-refractivity contribution < 1.29 is 19.6 Å². The van der Waals surface area contributed by atoms with Gasteiger partial charge in [0.05, 0.1) is 10.8 Å². The molecule has 0 aromatic heterocycles. The Labute approximate surface area is 121 Å². The van der Waals surface area contributed by atoms with E-state index in [-0.39, 0.29) is 29.4 Å². The van der Waals surface area contributed by atoms with Crippen molar-refractivity contribution in [1.29, 1.82) is 0 Å². The molecule has 2 rings (SSSR count). The molecule has 1 aromatic rings. The summed E-state index contributed by atoms with van der Waals surface area (Å²) in [6, 6.07) is 5.59. The smallest absolute Gasteiger partial charge is 0.306 e. The van der Waals surface area contributed by atoms with Crippen LogP contribution in [0.5, 0.6) is 0 Å². The van der Waals surface area contributed by atoms with E-state index in [0.29, 0.717) is 6.42 Å². The van der Waals surface area contributed by atoms with E-state index in [9.17, 15) is 24.8 Å². The lowest BCUT2D eigenvalue weighted by atomic mass is 9.76. The van der Waals surface area contributed by atoms with E-state index in [0.717, 1.165) is 19.3 Å². The summed E-state index contributed by atoms with van der Waals surface area (Å²) < 4.78 is 0. The van der Waals surface area contributed by atoms with E-state index in [1.165, 1.54) is 24.3 Å². The Kier molecular flexibility index (Phi) is 4.67. The summed E-state index contributed by atoms with van der Waals surface area (Å²) >= 11 is 0. The molecule has 6 nitrogen and oxygen atoms in total. The lowest BCUT2D eigenvalue weighted by Gasteiger charge is -2.27. The zero-order valence-corrected chi connectivity index (χ0v) is 11.5. The van der Waals surface area contributed by atoms with Gasteiger partial charge in [0.2, 0.25) is 0 Å². The number of non-ortho nitro benzene ring substituents is 1. The number of nitro groups is 1. The third kappa shape index (κ3) is 3.65. The Balaban J connectivity index is 2.11. The van der Waals surface area contributed by atoms with Crippen molar-refractivity contribution in [3.63, 3.8) is 0 Å². The van der Waals surface area contributed by atoms with E-state index in [4.69, 9.17) is 0 Å². The van der Waals surface area contributed by atoms with Gasteiger partial charge in [0.1, 0.15) is 0 Å². The topological polar surface area (TPSA) is 97.5 Å². The number of carboxylic acid groups (broad SMARTS) is 1. The molecular weight excluding hydrogens is 274 g/mol. The molecule has 0 saturated heterocycles. The first-order chi connectivity index (χ1) is 9.99. The zero-order chi connectivity index (χ0) is 15.4. The molecule has 6 heteroatoms. The van der Waals surface area contributed by atoms with E-state index >= 15 is 0 Å². The number of hydrogen-bond donors (Lipinski definition) is 1. The zero-order valence-electron chi connectivity index (χ0n) is 11.5. The molecule has 0 heterocycles. The molecule has 1 saturated carbocycles. The van der Waals surface area contributed by atoms with Crippen molar-refractivity contribution >= 4 is 17.4 Å². The summed E-state index contributed by atoms with van der Waals surface area (Å²) in [5, 5.41) is 19.9. The van der Waals surface area contributed by atoms with Crippen LogP contribution in [-0.4, -0.2) is 21.8 Å². The third-order valence-corrected chi connectivity index (χ3v) is 4.05. The monoisotopic (exact) mass is 291 g/mol. The number of carboxylic acids is 1. The standard InChI is InChI=1S/C15H17NO5/c17-14(11-5-3-6-12(8-11)16(20)21)9-10-4-1-2-7-13(10)15(18)19/h3,5-6,8,10,13H,1-2,4,7,9H2,(H,18,19)/t10-,13+/m1/s1. The maximum absolute atomic E-state index is 12.2. The second-order valence-electron chi connectivity index (χ2n) is 5.42. The van der Waals surface area contributed by atoms with Crippen LogP contribution in [0, 0.1) is 22.0 Å². The van der Waals surface area contributed by atoms with Gasteiger partial charge in [-0.2, -0.15) is 0 Å². The molecule has 0 spiro atoms. The first-order valence-corrected chi connectivity index (χ1v) is 6.99. The molecule has 1 N–H and O–H groups in total. The summed E-state index contributed by atoms with van der Waals surface area (Å²) in [5.74, 6) is -1.74. The van der Waals surface area contributed by atoms with Crippen LogP contribution in [0.2, 0.25) is 0 Å². The maximum atomic E-state index is 12.2. The number of nitrogens with zero attached hydrogens (tertiary/aromatic N) is 1. The summed E-state index contributed by atoms with van der Waals surface area (Å²) in [4.78, 5) is 33.6. The summed E-state index contributed by atoms with van der Waals surface area (Å²) in [5.41, 5.74) is 0.151. The van der Waals surface area contributed by atoms with Crippen molar-refractivity contribution in [2.24, 2.45) is 11.8 Å². The molecule has 1 fully saturated rings. The lowest BCUT2D eigenvalue weighted by molar-refractivity contribution is -0.384. The number of Topliss-reactive ketones (excluding diaryl/α,β-unsaturated/α-hetero) is 1. The van der Waals surface area contributed by atoms with Crippen LogP contribution >= 0.6 is 0 Å². The van der Waals surface area contributed by atoms with Crippen LogP contribution in [0.3, 0.4) is 0 Å². The molecule has 0 unspecified atom stereocenters. The minimum absolute atomic E-state index is 0.126. The van der Waals surface area contributed by atoms with Crippen molar-refractivity contribution in [3.8, 4) is 0 Å². The summed E-state index contributed by atoms with van der Waals surface area (Å²) in [6.45, 7) is 0. The third-order valence-electron chi connectivity index (χ3n) is 4.05. The van der Waals surface area contributed by atoms with Gasteiger partial charge < -0.3 is 5.11 Å². The minimum Gasteiger partial charge on any atom is -0.481 e. The molecule has 0 bridgehead atoms. The van der Waals surface area contributed by atoms with Crippen LogP contribution < -0.4 is 0 Å². The summed E-state index contributed by atoms with van der Waals surface area (Å²) in [7, 11) is 0. The van der Waals surface area contributed by atoms with E-state index in [1.807, 2.05) is 0 Å².